The van der Waals surface area contributed by atoms with Gasteiger partial charge in [0, 0.05) is 0 Å². The molecule has 1 aromatic rings. The van der Waals surface area contributed by atoms with Gasteiger partial charge >= 0.3 is 6.16 Å². The summed E-state index contributed by atoms with van der Waals surface area (Å²) in [5, 5.41) is 0. The Hall–Kier alpha value is -1.51. The number of benzene rings is 1. The van der Waals surface area contributed by atoms with Crippen LogP contribution in [-0.2, 0) is 4.74 Å². The molecule has 0 aliphatic rings. The third-order valence-electron chi connectivity index (χ3n) is 1.82. The minimum atomic E-state index is -0.648. The molecule has 0 spiro atoms. The van der Waals surface area contributed by atoms with Crippen LogP contribution in [0.15, 0.2) is 30.3 Å². The monoisotopic (exact) mass is 194 g/mol. The molecule has 0 N–H and O–H groups in total. The van der Waals surface area contributed by atoms with Crippen LogP contribution in [0.25, 0.3) is 0 Å². The molecule has 0 saturated carbocycles. The van der Waals surface area contributed by atoms with E-state index in [9.17, 15) is 4.79 Å². The summed E-state index contributed by atoms with van der Waals surface area (Å²) in [6.07, 6.45) is 0.0286. The fourth-order valence-electron chi connectivity index (χ4n) is 0.856. The Morgan fingerprint density at radius 1 is 1.36 bits per heavy atom. The molecule has 0 amide bonds. The molecule has 14 heavy (non-hydrogen) atoms. The Morgan fingerprint density at radius 2 is 2.00 bits per heavy atom. The van der Waals surface area contributed by atoms with Gasteiger partial charge in [-0.05, 0) is 25.5 Å². The van der Waals surface area contributed by atoms with Crippen LogP contribution in [0.4, 0.5) is 4.79 Å². The molecule has 76 valence electrons. The number of carbonyl (C=O) groups is 1. The fourth-order valence-corrected chi connectivity index (χ4v) is 0.856. The zero-order valence-corrected chi connectivity index (χ0v) is 8.40. The summed E-state index contributed by atoms with van der Waals surface area (Å²) in [4.78, 5) is 11.1. The van der Waals surface area contributed by atoms with Crippen molar-refractivity contribution in [1.29, 1.82) is 0 Å². The van der Waals surface area contributed by atoms with E-state index in [4.69, 9.17) is 9.47 Å². The Bertz CT molecular complexity index is 282. The van der Waals surface area contributed by atoms with Gasteiger partial charge < -0.3 is 9.47 Å². The van der Waals surface area contributed by atoms with Crippen molar-refractivity contribution < 1.29 is 14.3 Å². The van der Waals surface area contributed by atoms with Crippen molar-refractivity contribution in [3.05, 3.63) is 30.3 Å². The summed E-state index contributed by atoms with van der Waals surface area (Å²) in [5.41, 5.74) is 0. The number of para-hydroxylation sites is 1. The van der Waals surface area contributed by atoms with Crippen molar-refractivity contribution in [3.8, 4) is 5.75 Å². The lowest BCUT2D eigenvalue weighted by molar-refractivity contribution is 0.0644. The summed E-state index contributed by atoms with van der Waals surface area (Å²) < 4.78 is 9.87. The van der Waals surface area contributed by atoms with Crippen molar-refractivity contribution in [2.24, 2.45) is 0 Å². The van der Waals surface area contributed by atoms with E-state index in [2.05, 4.69) is 0 Å². The van der Waals surface area contributed by atoms with Gasteiger partial charge in [-0.15, -0.1) is 0 Å². The second-order valence-corrected chi connectivity index (χ2v) is 3.00. The zero-order valence-electron chi connectivity index (χ0n) is 8.40. The van der Waals surface area contributed by atoms with Gasteiger partial charge in [0.2, 0.25) is 0 Å². The van der Waals surface area contributed by atoms with E-state index in [1.54, 1.807) is 24.3 Å². The largest absolute Gasteiger partial charge is 0.514 e. The van der Waals surface area contributed by atoms with Crippen molar-refractivity contribution in [1.82, 2.24) is 0 Å². The minimum absolute atomic E-state index is 0.105. The molecule has 0 aliphatic heterocycles. The SMILES string of the molecule is CCC(C)OC(=O)Oc1ccccc1. The lowest BCUT2D eigenvalue weighted by Crippen LogP contribution is -2.17. The number of hydrogen-bond acceptors (Lipinski definition) is 3. The van der Waals surface area contributed by atoms with Crippen LogP contribution >= 0.6 is 0 Å². The van der Waals surface area contributed by atoms with Gasteiger partial charge in [0.05, 0.1) is 0 Å². The van der Waals surface area contributed by atoms with Gasteiger partial charge in [-0.3, -0.25) is 0 Å². The Kier molecular flexibility index (Phi) is 3.98. The average molecular weight is 194 g/mol. The van der Waals surface area contributed by atoms with Gasteiger partial charge in [0.25, 0.3) is 0 Å². The van der Waals surface area contributed by atoms with Crippen LogP contribution in [0.2, 0.25) is 0 Å². The van der Waals surface area contributed by atoms with Gasteiger partial charge in [0.15, 0.2) is 0 Å². The molecular formula is C11H14O3. The van der Waals surface area contributed by atoms with Gasteiger partial charge in [-0.1, -0.05) is 25.1 Å². The standard InChI is InChI=1S/C11H14O3/c1-3-9(2)13-11(12)14-10-7-5-4-6-8-10/h4-9H,3H2,1-2H3. The molecule has 0 fully saturated rings. The second kappa shape index (κ2) is 5.27. The maximum atomic E-state index is 11.1. The van der Waals surface area contributed by atoms with Gasteiger partial charge in [0.1, 0.15) is 11.9 Å². The molecule has 0 radical (unpaired) electrons. The molecular weight excluding hydrogens is 180 g/mol. The van der Waals surface area contributed by atoms with E-state index in [1.807, 2.05) is 19.9 Å². The van der Waals surface area contributed by atoms with Crippen LogP contribution in [0.1, 0.15) is 20.3 Å². The first-order chi connectivity index (χ1) is 6.72. The van der Waals surface area contributed by atoms with Crippen LogP contribution in [0.3, 0.4) is 0 Å². The van der Waals surface area contributed by atoms with Crippen LogP contribution < -0.4 is 4.74 Å². The maximum absolute atomic E-state index is 11.1. The number of carbonyl (C=O) groups excluding carboxylic acids is 1. The third-order valence-corrected chi connectivity index (χ3v) is 1.82. The van der Waals surface area contributed by atoms with Gasteiger partial charge in [-0.25, -0.2) is 4.79 Å². The maximum Gasteiger partial charge on any atom is 0.514 e. The zero-order chi connectivity index (χ0) is 10.4. The van der Waals surface area contributed by atoms with Crippen LogP contribution in [-0.4, -0.2) is 12.3 Å². The first kappa shape index (κ1) is 10.6. The van der Waals surface area contributed by atoms with Crippen LogP contribution in [0, 0.1) is 0 Å². The van der Waals surface area contributed by atoms with Crippen LogP contribution in [0.5, 0.6) is 5.75 Å². The first-order valence-corrected chi connectivity index (χ1v) is 4.66. The Labute approximate surface area is 83.6 Å². The molecule has 0 aromatic heterocycles. The number of ether oxygens (including phenoxy) is 2. The van der Waals surface area contributed by atoms with E-state index in [1.165, 1.54) is 0 Å². The molecule has 0 heterocycles. The lowest BCUT2D eigenvalue weighted by atomic mass is 10.3. The summed E-state index contributed by atoms with van der Waals surface area (Å²) in [6, 6.07) is 8.86. The topological polar surface area (TPSA) is 35.5 Å². The summed E-state index contributed by atoms with van der Waals surface area (Å²) in [6.45, 7) is 3.77. The summed E-state index contributed by atoms with van der Waals surface area (Å²) in [5.74, 6) is 0.501. The van der Waals surface area contributed by atoms with E-state index < -0.39 is 6.16 Å². The Morgan fingerprint density at radius 3 is 2.57 bits per heavy atom. The Balaban J connectivity index is 2.42. The molecule has 0 bridgehead atoms. The molecule has 3 heteroatoms. The molecule has 3 nitrogen and oxygen atoms in total. The molecule has 1 aromatic carbocycles. The highest BCUT2D eigenvalue weighted by molar-refractivity contribution is 5.63. The summed E-state index contributed by atoms with van der Waals surface area (Å²) >= 11 is 0. The molecule has 0 aliphatic carbocycles. The number of hydrogen-bond donors (Lipinski definition) is 0. The van der Waals surface area contributed by atoms with Crippen molar-refractivity contribution in [2.45, 2.75) is 26.4 Å². The molecule has 0 saturated heterocycles. The highest BCUT2D eigenvalue weighted by atomic mass is 16.7. The second-order valence-electron chi connectivity index (χ2n) is 3.00. The molecule has 1 rings (SSSR count). The van der Waals surface area contributed by atoms with Gasteiger partial charge in [-0.2, -0.15) is 0 Å². The normalized spacial score (nSPS) is 11.9. The highest BCUT2D eigenvalue weighted by Gasteiger charge is 2.09. The average Bonchev–Trinajstić information content (AvgIpc) is 2.19. The predicted octanol–water partition coefficient (Wildman–Crippen LogP) is 3.00. The third kappa shape index (κ3) is 3.47. The van der Waals surface area contributed by atoms with Crippen molar-refractivity contribution in [3.63, 3.8) is 0 Å². The predicted molar refractivity (Wildman–Crippen MR) is 53.3 cm³/mol. The molecule has 1 unspecified atom stereocenters. The van der Waals surface area contributed by atoms with E-state index in [0.29, 0.717) is 5.75 Å². The lowest BCUT2D eigenvalue weighted by Gasteiger charge is -2.10. The smallest absolute Gasteiger partial charge is 0.431 e. The van der Waals surface area contributed by atoms with E-state index >= 15 is 0 Å². The first-order valence-electron chi connectivity index (χ1n) is 4.66. The summed E-state index contributed by atoms with van der Waals surface area (Å²) in [7, 11) is 0. The van der Waals surface area contributed by atoms with E-state index in [-0.39, 0.29) is 6.10 Å². The minimum Gasteiger partial charge on any atom is -0.431 e. The number of rotatable bonds is 3. The van der Waals surface area contributed by atoms with Crippen molar-refractivity contribution >= 4 is 6.16 Å². The molecule has 1 atom stereocenters. The quantitative estimate of drug-likeness (QED) is 0.548. The van der Waals surface area contributed by atoms with Crippen molar-refractivity contribution in [2.75, 3.05) is 0 Å². The fraction of sp³-hybridized carbons (Fsp3) is 0.364. The van der Waals surface area contributed by atoms with E-state index in [0.717, 1.165) is 6.42 Å². The highest BCUT2D eigenvalue weighted by Crippen LogP contribution is 2.10.